The number of nitrogens with zero attached hydrogens (tertiary/aromatic N) is 5. The van der Waals surface area contributed by atoms with Crippen LogP contribution in [0.4, 0.5) is 5.82 Å². The molecule has 3 aliphatic rings. The number of allylic oxidation sites excluding steroid dienone is 1. The number of nitrogens with two attached hydrogens (primary N) is 2. The Morgan fingerprint density at radius 2 is 1.52 bits per heavy atom. The Hall–Kier alpha value is -0.880. The van der Waals surface area contributed by atoms with Gasteiger partial charge >= 0.3 is 59.1 Å². The predicted molar refractivity (Wildman–Crippen MR) is 137 cm³/mol. The van der Waals surface area contributed by atoms with Gasteiger partial charge < -0.3 is 65.1 Å². The van der Waals surface area contributed by atoms with Gasteiger partial charge in [0, 0.05) is 18.0 Å². The molecule has 2 aromatic rings. The molecule has 0 aromatic carbocycles. The first kappa shape index (κ1) is 39.6. The molecule has 1 amide bonds. The predicted octanol–water partition coefficient (Wildman–Crippen LogP) is -9.94. The molecule has 5 rings (SSSR count). The molecule has 0 radical (unpaired) electrons. The van der Waals surface area contributed by atoms with Gasteiger partial charge in [0.05, 0.1) is 19.5 Å². The zero-order chi connectivity index (χ0) is 32.0. The van der Waals surface area contributed by atoms with Gasteiger partial charge in [0.15, 0.2) is 23.9 Å². The molecular weight excluding hydrogens is 687 g/mol. The minimum absolute atomic E-state index is 0. The number of hydrogen-bond acceptors (Lipinski definition) is 19. The third kappa shape index (κ3) is 8.64. The molecule has 242 valence electrons. The Kier molecular flexibility index (Phi) is 13.6. The van der Waals surface area contributed by atoms with Gasteiger partial charge in [-0.1, -0.05) is 6.08 Å². The molecule has 8 N–H and O–H groups in total. The van der Waals surface area contributed by atoms with Gasteiger partial charge in [0.25, 0.3) is 15.6 Å². The number of primary amides is 1. The van der Waals surface area contributed by atoms with Crippen molar-refractivity contribution in [2.75, 3.05) is 18.9 Å². The molecule has 0 saturated carbocycles. The fraction of sp³-hybridized carbons (Fsp3) is 0.524. The fourth-order valence-corrected chi connectivity index (χ4v) is 6.68. The summed E-state index contributed by atoms with van der Waals surface area (Å²) in [5, 5.41) is 41.5. The number of fused-ring (bicyclic) bond motifs is 1. The number of ether oxygens (including phenoxy) is 2. The van der Waals surface area contributed by atoms with Crippen LogP contribution in [0.2, 0.25) is 0 Å². The van der Waals surface area contributed by atoms with Crippen molar-refractivity contribution in [3.05, 3.63) is 36.7 Å². The zero-order valence-corrected chi connectivity index (χ0v) is 30.1. The third-order valence-electron chi connectivity index (χ3n) is 6.86. The van der Waals surface area contributed by atoms with Crippen LogP contribution in [0.3, 0.4) is 0 Å². The Morgan fingerprint density at radius 3 is 2.11 bits per heavy atom. The van der Waals surface area contributed by atoms with E-state index in [1.807, 2.05) is 0 Å². The van der Waals surface area contributed by atoms with Crippen LogP contribution in [0.15, 0.2) is 36.7 Å². The van der Waals surface area contributed by atoms with Crippen LogP contribution in [0.5, 0.6) is 0 Å². The number of carbonyl (C=O) groups is 1. The van der Waals surface area contributed by atoms with E-state index >= 15 is 0 Å². The van der Waals surface area contributed by atoms with Gasteiger partial charge in [-0.25, -0.2) is 19.3 Å². The van der Waals surface area contributed by atoms with E-state index in [1.54, 1.807) is 6.08 Å². The smallest absolute Gasteiger partial charge is 0.756 e. The van der Waals surface area contributed by atoms with E-state index in [9.17, 15) is 44.1 Å². The maximum atomic E-state index is 12.3. The summed E-state index contributed by atoms with van der Waals surface area (Å²) in [5.41, 5.74) is 11.5. The number of amides is 1. The maximum Gasteiger partial charge on any atom is 1.00 e. The summed E-state index contributed by atoms with van der Waals surface area (Å²) in [4.78, 5) is 49.0. The van der Waals surface area contributed by atoms with Crippen LogP contribution in [0.25, 0.3) is 11.2 Å². The molecule has 2 unspecified atom stereocenters. The molecule has 5 heterocycles. The molecule has 2 aromatic heterocycles. The molecule has 46 heavy (non-hydrogen) atoms. The molecule has 2 saturated heterocycles. The number of hydrogen-bond donors (Lipinski definition) is 6. The second-order valence-corrected chi connectivity index (χ2v) is 12.8. The van der Waals surface area contributed by atoms with Crippen molar-refractivity contribution >= 4 is 38.5 Å². The zero-order valence-electron chi connectivity index (χ0n) is 24.3. The van der Waals surface area contributed by atoms with E-state index in [2.05, 4.69) is 28.3 Å². The van der Waals surface area contributed by atoms with Gasteiger partial charge in [0.2, 0.25) is 5.91 Å². The number of aliphatic hydroxyl groups excluding tert-OH is 4. The summed E-state index contributed by atoms with van der Waals surface area (Å²) < 4.78 is 49.9. The summed E-state index contributed by atoms with van der Waals surface area (Å²) in [5.74, 6) is -0.686. The topological polar surface area (TPSA) is 323 Å². The summed E-state index contributed by atoms with van der Waals surface area (Å²) in [6, 6.07) is 0. The van der Waals surface area contributed by atoms with Crippen molar-refractivity contribution in [2.24, 2.45) is 5.73 Å². The van der Waals surface area contributed by atoms with Crippen molar-refractivity contribution in [2.45, 2.75) is 55.5 Å². The normalized spacial score (nSPS) is 31.9. The minimum Gasteiger partial charge on any atom is -0.756 e. The monoisotopic (exact) mass is 714 g/mol. The SMILES string of the molecule is NC(=O)C1=CN([13C@@H]2O[13C@H]([13CH2]OP(=O)([O-])OP(=O)([O-])OC[C@H]3O[C@@H](n4cnc5c(N)ncnc54)[C@H](O)[C@@H]3O)[13C@@H](O)[13C@H]2O)C=CC1.[Na+].[Na+]. The molecule has 3 aliphatic heterocycles. The number of phosphoric ester groups is 2. The number of aromatic nitrogens is 4. The molecule has 21 nitrogen and oxygen atoms in total. The first-order valence-electron chi connectivity index (χ1n) is 12.7. The van der Waals surface area contributed by atoms with Crippen LogP contribution in [0.1, 0.15) is 12.6 Å². The molecular formula is C21H27N7Na2O14P2. The van der Waals surface area contributed by atoms with E-state index in [4.69, 9.17) is 20.9 Å². The van der Waals surface area contributed by atoms with E-state index in [1.165, 1.54) is 28.2 Å². The molecule has 10 atom stereocenters. The van der Waals surface area contributed by atoms with Gasteiger partial charge in [-0.3, -0.25) is 18.5 Å². The van der Waals surface area contributed by atoms with E-state index in [0.29, 0.717) is 0 Å². The Balaban J connectivity index is 0.00000288. The van der Waals surface area contributed by atoms with Crippen molar-refractivity contribution in [3.8, 4) is 0 Å². The van der Waals surface area contributed by atoms with Crippen LogP contribution < -0.4 is 80.4 Å². The Labute approximate surface area is 303 Å². The summed E-state index contributed by atoms with van der Waals surface area (Å²) in [7, 11) is -11.4. The van der Waals surface area contributed by atoms with Gasteiger partial charge in [-0.2, -0.15) is 0 Å². The quantitative estimate of drug-likeness (QED) is 0.0715. The van der Waals surface area contributed by atoms with Gasteiger partial charge in [-0.05, 0) is 6.42 Å². The number of anilines is 1. The minimum atomic E-state index is -5.68. The first-order valence-corrected chi connectivity index (χ1v) is 15.6. The second kappa shape index (κ2) is 15.8. The van der Waals surface area contributed by atoms with E-state index < -0.39 is 83.8 Å². The summed E-state index contributed by atoms with van der Waals surface area (Å²) >= 11 is 0. The van der Waals surface area contributed by atoms with E-state index in [0.717, 1.165) is 6.33 Å². The molecule has 0 spiro atoms. The number of phosphoric acid groups is 2. The molecule has 0 aliphatic carbocycles. The van der Waals surface area contributed by atoms with Crippen LogP contribution in [0, 0.1) is 0 Å². The summed E-state index contributed by atoms with van der Waals surface area (Å²) in [6.07, 6.45) is -5.32. The standard InChI is InChI=1S/C21H29N7O14P2.2Na/c22-17-12-19(25-7-24-17)28(8-26-12)21-16(32)14(30)11(41-21)6-39-44(36,37)42-43(34,35)38-5-10-13(29)15(31)20(40-10)27-3-1-2-9(4-27)18(23)33;;/h1,3-4,7-8,10-11,13-16,20-21,29-32H,2,5-6H2,(H2,23,33)(H,34,35)(H,36,37)(H2,22,24,25);;/q;2*+1/p-2/t10-,11-,13-,14-,15-,16-,20-,21-;;/m1../s1/i5+1,10+1,13+1,15+1,20+1;;. The fourth-order valence-electron chi connectivity index (χ4n) is 4.66. The number of imidazole rings is 1. The Bertz CT molecular complexity index is 1570. The van der Waals surface area contributed by atoms with Crippen molar-refractivity contribution in [1.82, 2.24) is 24.4 Å². The maximum absolute atomic E-state index is 12.3. The largest absolute Gasteiger partial charge is 1.00 e. The van der Waals surface area contributed by atoms with Crippen molar-refractivity contribution < 1.29 is 126 Å². The van der Waals surface area contributed by atoms with Crippen LogP contribution in [-0.4, -0.2) is 107 Å². The van der Waals surface area contributed by atoms with Crippen molar-refractivity contribution in [1.29, 1.82) is 0 Å². The van der Waals surface area contributed by atoms with Crippen LogP contribution >= 0.6 is 15.6 Å². The first-order chi connectivity index (χ1) is 20.7. The number of carbonyl (C=O) groups excluding carboxylic acids is 1. The van der Waals surface area contributed by atoms with E-state index in [-0.39, 0.29) is 88.1 Å². The average Bonchev–Trinajstić information content (AvgIpc) is 3.61. The number of nitrogen functional groups attached to an aromatic ring is 1. The van der Waals surface area contributed by atoms with Gasteiger partial charge in [0.1, 0.15) is 48.5 Å². The van der Waals surface area contributed by atoms with Crippen molar-refractivity contribution in [3.63, 3.8) is 0 Å². The molecule has 0 bridgehead atoms. The second-order valence-electron chi connectivity index (χ2n) is 9.80. The molecule has 2 fully saturated rings. The van der Waals surface area contributed by atoms with Gasteiger partial charge in [-0.15, -0.1) is 0 Å². The molecule has 25 heteroatoms. The summed E-state index contributed by atoms with van der Waals surface area (Å²) in [6.45, 7) is -1.97. The number of rotatable bonds is 11. The van der Waals surface area contributed by atoms with Crippen LogP contribution in [-0.2, 0) is 36.8 Å². The third-order valence-corrected chi connectivity index (χ3v) is 9.39. The Morgan fingerprint density at radius 1 is 0.957 bits per heavy atom. The number of aliphatic hydroxyl groups is 4. The average molecular weight is 714 g/mol.